The van der Waals surface area contributed by atoms with Gasteiger partial charge in [0.1, 0.15) is 4.21 Å². The molecule has 0 spiro atoms. The van der Waals surface area contributed by atoms with Gasteiger partial charge in [0.25, 0.3) is 10.0 Å². The van der Waals surface area contributed by atoms with E-state index in [1.165, 1.54) is 15.6 Å². The second kappa shape index (κ2) is 8.89. The number of thiophene rings is 1. The first kappa shape index (κ1) is 20.6. The fraction of sp³-hybridized carbons (Fsp3) is 0.350. The third-order valence-corrected chi connectivity index (χ3v) is 8.26. The second-order valence-corrected chi connectivity index (χ2v) is 9.74. The smallest absolute Gasteiger partial charge is 0.252 e. The Bertz CT molecular complexity index is 1050. The van der Waals surface area contributed by atoms with Crippen LogP contribution in [0.3, 0.4) is 0 Å². The topological polar surface area (TPSA) is 71.4 Å². The maximum absolute atomic E-state index is 12.5. The van der Waals surface area contributed by atoms with Gasteiger partial charge in [-0.25, -0.2) is 8.42 Å². The number of hydrogen-bond acceptors (Lipinski definition) is 4. The molecule has 1 N–H and O–H groups in total. The van der Waals surface area contributed by atoms with Gasteiger partial charge in [-0.3, -0.25) is 4.79 Å². The summed E-state index contributed by atoms with van der Waals surface area (Å²) in [7, 11) is -3.44. The lowest BCUT2D eigenvalue weighted by atomic mass is 10.2. The Morgan fingerprint density at radius 2 is 1.86 bits per heavy atom. The van der Waals surface area contributed by atoms with E-state index >= 15 is 0 Å². The van der Waals surface area contributed by atoms with Crippen molar-refractivity contribution in [3.8, 4) is 0 Å². The average molecular weight is 420 g/mol. The molecule has 150 valence electrons. The number of rotatable bonds is 9. The van der Waals surface area contributed by atoms with Crippen LogP contribution in [0.1, 0.15) is 25.1 Å². The van der Waals surface area contributed by atoms with Gasteiger partial charge < -0.3 is 9.88 Å². The molecule has 0 bridgehead atoms. The number of fused-ring (bicyclic) bond motifs is 1. The van der Waals surface area contributed by atoms with E-state index in [0.29, 0.717) is 36.8 Å². The molecule has 0 aliphatic rings. The zero-order valence-electron chi connectivity index (χ0n) is 16.1. The second-order valence-electron chi connectivity index (χ2n) is 6.40. The highest BCUT2D eigenvalue weighted by Crippen LogP contribution is 2.24. The lowest BCUT2D eigenvalue weighted by Gasteiger charge is -2.16. The summed E-state index contributed by atoms with van der Waals surface area (Å²) in [6, 6.07) is 13.5. The first-order chi connectivity index (χ1) is 13.5. The van der Waals surface area contributed by atoms with E-state index in [0.717, 1.165) is 15.8 Å². The Hall–Kier alpha value is -2.16. The number of nitrogens with zero attached hydrogens (tertiary/aromatic N) is 2. The zero-order valence-corrected chi connectivity index (χ0v) is 17.7. The van der Waals surface area contributed by atoms with E-state index in [2.05, 4.69) is 9.88 Å². The molecule has 6 nitrogen and oxygen atoms in total. The number of carbonyl (C=O) groups is 1. The minimum atomic E-state index is -3.44. The Balaban J connectivity index is 1.55. The molecule has 2 heterocycles. The number of hydrogen-bond donors (Lipinski definition) is 1. The van der Waals surface area contributed by atoms with Crippen LogP contribution in [-0.2, 0) is 27.9 Å². The predicted octanol–water partition coefficient (Wildman–Crippen LogP) is 3.44. The van der Waals surface area contributed by atoms with Crippen molar-refractivity contribution in [1.29, 1.82) is 0 Å². The van der Waals surface area contributed by atoms with Gasteiger partial charge in [0.2, 0.25) is 5.91 Å². The highest BCUT2D eigenvalue weighted by atomic mass is 32.2. The summed E-state index contributed by atoms with van der Waals surface area (Å²) in [6.45, 7) is 5.47. The molecule has 0 unspecified atom stereocenters. The first-order valence-corrected chi connectivity index (χ1v) is 11.6. The molecule has 0 saturated heterocycles. The Kier molecular flexibility index (Phi) is 6.53. The summed E-state index contributed by atoms with van der Waals surface area (Å²) >= 11 is 1.21. The van der Waals surface area contributed by atoms with Crippen molar-refractivity contribution in [2.45, 2.75) is 37.6 Å². The minimum absolute atomic E-state index is 0.0562. The minimum Gasteiger partial charge on any atom is -0.351 e. The molecule has 0 aliphatic heterocycles. The van der Waals surface area contributed by atoms with Crippen molar-refractivity contribution in [2.75, 3.05) is 13.1 Å². The molecule has 1 aromatic carbocycles. The third-order valence-electron chi connectivity index (χ3n) is 4.66. The molecule has 28 heavy (non-hydrogen) atoms. The quantitative estimate of drug-likeness (QED) is 0.577. The molecule has 0 radical (unpaired) electrons. The fourth-order valence-electron chi connectivity index (χ4n) is 3.11. The van der Waals surface area contributed by atoms with Gasteiger partial charge in [0.15, 0.2) is 0 Å². The van der Waals surface area contributed by atoms with Crippen LogP contribution in [0.15, 0.2) is 52.9 Å². The molecule has 1 amide bonds. The molecule has 0 aliphatic carbocycles. The molecule has 3 aromatic rings. The lowest BCUT2D eigenvalue weighted by Crippen LogP contribution is -2.30. The largest absolute Gasteiger partial charge is 0.351 e. The van der Waals surface area contributed by atoms with Crippen LogP contribution in [-0.4, -0.2) is 36.3 Å². The lowest BCUT2D eigenvalue weighted by molar-refractivity contribution is -0.121. The standard InChI is InChI=1S/C20H25N3O3S2/c1-3-23(4-2)28(25,26)20-10-9-17(27-20)15-21-19(24)12-14-22-13-11-16-7-5-6-8-18(16)22/h5-11,13H,3-4,12,14-15H2,1-2H3,(H,21,24). The highest BCUT2D eigenvalue weighted by molar-refractivity contribution is 7.91. The van der Waals surface area contributed by atoms with Crippen LogP contribution in [0.25, 0.3) is 10.9 Å². The average Bonchev–Trinajstić information content (AvgIpc) is 3.33. The molecule has 0 saturated carbocycles. The summed E-state index contributed by atoms with van der Waals surface area (Å²) in [5.41, 5.74) is 1.11. The number of para-hydroxylation sites is 1. The van der Waals surface area contributed by atoms with E-state index in [1.807, 2.05) is 50.4 Å². The first-order valence-electron chi connectivity index (χ1n) is 9.35. The van der Waals surface area contributed by atoms with Gasteiger partial charge in [-0.15, -0.1) is 11.3 Å². The SMILES string of the molecule is CCN(CC)S(=O)(=O)c1ccc(CNC(=O)CCn2ccc3ccccc32)s1. The number of aryl methyl sites for hydroxylation is 1. The van der Waals surface area contributed by atoms with Crippen LogP contribution in [0, 0.1) is 0 Å². The van der Waals surface area contributed by atoms with Crippen molar-refractivity contribution in [2.24, 2.45) is 0 Å². The molecular formula is C20H25N3O3S2. The van der Waals surface area contributed by atoms with Gasteiger partial charge in [-0.1, -0.05) is 32.0 Å². The van der Waals surface area contributed by atoms with Crippen molar-refractivity contribution in [3.63, 3.8) is 0 Å². The van der Waals surface area contributed by atoms with Crippen molar-refractivity contribution in [1.82, 2.24) is 14.2 Å². The predicted molar refractivity (Wildman–Crippen MR) is 113 cm³/mol. The third kappa shape index (κ3) is 4.45. The summed E-state index contributed by atoms with van der Waals surface area (Å²) in [6.07, 6.45) is 2.36. The summed E-state index contributed by atoms with van der Waals surface area (Å²) in [5.74, 6) is -0.0562. The van der Waals surface area contributed by atoms with Crippen LogP contribution >= 0.6 is 11.3 Å². The van der Waals surface area contributed by atoms with E-state index < -0.39 is 10.0 Å². The monoisotopic (exact) mass is 419 g/mol. The van der Waals surface area contributed by atoms with Crippen molar-refractivity contribution in [3.05, 3.63) is 53.5 Å². The zero-order chi connectivity index (χ0) is 20.1. The number of benzene rings is 1. The molecule has 3 rings (SSSR count). The van der Waals surface area contributed by atoms with Crippen LogP contribution in [0.2, 0.25) is 0 Å². The Labute approximate surface area is 169 Å². The maximum atomic E-state index is 12.5. The van der Waals surface area contributed by atoms with Crippen LogP contribution < -0.4 is 5.32 Å². The molecule has 2 aromatic heterocycles. The van der Waals surface area contributed by atoms with Crippen molar-refractivity contribution < 1.29 is 13.2 Å². The summed E-state index contributed by atoms with van der Waals surface area (Å²) in [4.78, 5) is 13.0. The van der Waals surface area contributed by atoms with Crippen LogP contribution in [0.5, 0.6) is 0 Å². The molecule has 0 fully saturated rings. The Morgan fingerprint density at radius 1 is 1.11 bits per heavy atom. The number of carbonyl (C=O) groups excluding carboxylic acids is 1. The van der Waals surface area contributed by atoms with Gasteiger partial charge in [-0.2, -0.15) is 4.31 Å². The van der Waals surface area contributed by atoms with Gasteiger partial charge >= 0.3 is 0 Å². The van der Waals surface area contributed by atoms with Gasteiger partial charge in [-0.05, 0) is 29.7 Å². The van der Waals surface area contributed by atoms with Crippen LogP contribution in [0.4, 0.5) is 0 Å². The molecule has 0 atom stereocenters. The Morgan fingerprint density at radius 3 is 2.61 bits per heavy atom. The molecule has 8 heteroatoms. The normalized spacial score (nSPS) is 12.0. The highest BCUT2D eigenvalue weighted by Gasteiger charge is 2.23. The summed E-state index contributed by atoms with van der Waals surface area (Å²) < 4.78 is 28.9. The van der Waals surface area contributed by atoms with E-state index in [-0.39, 0.29) is 5.91 Å². The molecular weight excluding hydrogens is 394 g/mol. The number of sulfonamides is 1. The number of nitrogens with one attached hydrogen (secondary N) is 1. The fourth-order valence-corrected chi connectivity index (χ4v) is 6.02. The van der Waals surface area contributed by atoms with E-state index in [9.17, 15) is 13.2 Å². The van der Waals surface area contributed by atoms with E-state index in [4.69, 9.17) is 0 Å². The number of aromatic nitrogens is 1. The van der Waals surface area contributed by atoms with E-state index in [1.54, 1.807) is 12.1 Å². The van der Waals surface area contributed by atoms with Gasteiger partial charge in [0.05, 0.1) is 6.54 Å². The number of amides is 1. The summed E-state index contributed by atoms with van der Waals surface area (Å²) in [5, 5.41) is 4.04. The van der Waals surface area contributed by atoms with Crippen molar-refractivity contribution >= 4 is 38.2 Å². The van der Waals surface area contributed by atoms with Gasteiger partial charge in [0, 0.05) is 42.6 Å². The maximum Gasteiger partial charge on any atom is 0.252 e.